The molecule has 0 saturated carbocycles. The summed E-state index contributed by atoms with van der Waals surface area (Å²) in [6.45, 7) is 12.7. The maximum atomic E-state index is 3.67. The Hall–Kier alpha value is -0.755. The number of hydrogen-bond acceptors (Lipinski definition) is 1. The van der Waals surface area contributed by atoms with Gasteiger partial charge in [-0.3, -0.25) is 0 Å². The molecule has 1 nitrogen and oxygen atoms in total. The van der Waals surface area contributed by atoms with Gasteiger partial charge in [0.1, 0.15) is 0 Å². The second kappa shape index (κ2) is 7.35. The van der Waals surface area contributed by atoms with Crippen molar-refractivity contribution in [3.8, 4) is 0 Å². The molecule has 0 atom stereocenters. The van der Waals surface area contributed by atoms with Crippen LogP contribution in [0.25, 0.3) is 0 Å². The van der Waals surface area contributed by atoms with E-state index in [1.165, 1.54) is 0 Å². The Kier molecular flexibility index (Phi) is 6.85. The molecular weight excluding hydrogens is 133 g/mol. The second-order valence-corrected chi connectivity index (χ2v) is 2.24. The van der Waals surface area contributed by atoms with Gasteiger partial charge in [-0.05, 0) is 6.32 Å². The topological polar surface area (TPSA) is 3.24 Å². The van der Waals surface area contributed by atoms with Crippen LogP contribution in [-0.4, -0.2) is 25.3 Å². The third-order valence-electron chi connectivity index (χ3n) is 1.26. The summed E-state index contributed by atoms with van der Waals surface area (Å²) in [4.78, 5) is 2.14. The van der Waals surface area contributed by atoms with E-state index >= 15 is 0 Å². The minimum absolute atomic E-state index is 0.875. The third-order valence-corrected chi connectivity index (χ3v) is 1.26. The van der Waals surface area contributed by atoms with Gasteiger partial charge in [0, 0.05) is 13.1 Å². The molecule has 0 spiro atoms. The predicted octanol–water partition coefficient (Wildman–Crippen LogP) is 1.88. The van der Waals surface area contributed by atoms with Gasteiger partial charge in [0.15, 0.2) is 0 Å². The molecule has 0 aliphatic heterocycles. The first-order valence-electron chi connectivity index (χ1n) is 3.75. The maximum absolute atomic E-state index is 3.67. The van der Waals surface area contributed by atoms with Gasteiger partial charge < -0.3 is 4.81 Å². The molecular formula is C9H15BN. The second-order valence-electron chi connectivity index (χ2n) is 2.24. The molecule has 0 amide bonds. The molecule has 0 aromatic carbocycles. The summed E-state index contributed by atoms with van der Waals surface area (Å²) in [6.07, 6.45) is 6.53. The van der Waals surface area contributed by atoms with E-state index in [9.17, 15) is 0 Å². The minimum atomic E-state index is 0.875. The smallest absolute Gasteiger partial charge is 0.213 e. The highest BCUT2D eigenvalue weighted by atomic mass is 15.0. The fraction of sp³-hybridized carbons (Fsp3) is 0.333. The zero-order valence-corrected chi connectivity index (χ0v) is 7.00. The number of hydrogen-bond donors (Lipinski definition) is 0. The molecule has 1 radical (unpaired) electrons. The van der Waals surface area contributed by atoms with E-state index in [1.54, 1.807) is 0 Å². The number of allylic oxidation sites excluding steroid dienone is 1. The first-order valence-corrected chi connectivity index (χ1v) is 3.75. The van der Waals surface area contributed by atoms with Crippen LogP contribution in [-0.2, 0) is 0 Å². The SMILES string of the molecule is C=CC[B]N(CC=C)CC=C. The highest BCUT2D eigenvalue weighted by molar-refractivity contribution is 6.32. The third kappa shape index (κ3) is 5.68. The van der Waals surface area contributed by atoms with Crippen molar-refractivity contribution in [1.29, 1.82) is 0 Å². The first kappa shape index (κ1) is 10.2. The summed E-state index contributed by atoms with van der Waals surface area (Å²) in [5.41, 5.74) is 0. The predicted molar refractivity (Wildman–Crippen MR) is 52.7 cm³/mol. The normalized spacial score (nSPS) is 9.18. The highest BCUT2D eigenvalue weighted by Gasteiger charge is 1.98. The molecule has 0 aromatic rings. The van der Waals surface area contributed by atoms with Gasteiger partial charge in [-0.2, -0.15) is 0 Å². The summed E-state index contributed by atoms with van der Waals surface area (Å²) in [5.74, 6) is 0. The van der Waals surface area contributed by atoms with Crippen LogP contribution in [0.4, 0.5) is 0 Å². The summed E-state index contributed by atoms with van der Waals surface area (Å²) < 4.78 is 0. The lowest BCUT2D eigenvalue weighted by Crippen LogP contribution is -2.27. The van der Waals surface area contributed by atoms with Crippen molar-refractivity contribution in [2.75, 3.05) is 13.1 Å². The van der Waals surface area contributed by atoms with E-state index in [4.69, 9.17) is 0 Å². The Bertz CT molecular complexity index is 122. The molecule has 59 valence electrons. The molecule has 0 aromatic heterocycles. The Morgan fingerprint density at radius 2 is 1.55 bits per heavy atom. The first-order chi connectivity index (χ1) is 5.35. The van der Waals surface area contributed by atoms with Crippen molar-refractivity contribution in [3.05, 3.63) is 38.0 Å². The molecule has 0 aliphatic rings. The molecule has 0 saturated heterocycles. The fourth-order valence-electron chi connectivity index (χ4n) is 0.779. The molecule has 0 bridgehead atoms. The Morgan fingerprint density at radius 3 is 1.91 bits per heavy atom. The van der Waals surface area contributed by atoms with Crippen LogP contribution in [0.1, 0.15) is 0 Å². The van der Waals surface area contributed by atoms with Crippen LogP contribution in [0.2, 0.25) is 6.32 Å². The van der Waals surface area contributed by atoms with E-state index in [0.717, 1.165) is 19.4 Å². The van der Waals surface area contributed by atoms with Gasteiger partial charge in [-0.25, -0.2) is 0 Å². The molecule has 0 rings (SSSR count). The van der Waals surface area contributed by atoms with Crippen molar-refractivity contribution >= 4 is 7.41 Å². The molecule has 0 heterocycles. The highest BCUT2D eigenvalue weighted by Crippen LogP contribution is 1.90. The van der Waals surface area contributed by atoms with Crippen LogP contribution in [0, 0.1) is 0 Å². The monoisotopic (exact) mass is 148 g/mol. The van der Waals surface area contributed by atoms with Crippen LogP contribution in [0.5, 0.6) is 0 Å². The van der Waals surface area contributed by atoms with Gasteiger partial charge in [-0.1, -0.05) is 18.2 Å². The largest absolute Gasteiger partial charge is 0.340 e. The zero-order valence-electron chi connectivity index (χ0n) is 7.00. The standard InChI is InChI=1S/C9H15BN/c1-4-7-10-11(8-5-2)9-6-3/h4-6H,1-3,7-9H2. The zero-order chi connectivity index (χ0) is 8.53. The number of nitrogens with zero attached hydrogens (tertiary/aromatic N) is 1. The van der Waals surface area contributed by atoms with Gasteiger partial charge >= 0.3 is 0 Å². The van der Waals surface area contributed by atoms with Crippen LogP contribution >= 0.6 is 0 Å². The van der Waals surface area contributed by atoms with Crippen molar-refractivity contribution in [3.63, 3.8) is 0 Å². The molecule has 0 fully saturated rings. The van der Waals surface area contributed by atoms with E-state index in [1.807, 2.05) is 18.2 Å². The van der Waals surface area contributed by atoms with Crippen molar-refractivity contribution < 1.29 is 0 Å². The Balaban J connectivity index is 3.57. The fourth-order valence-corrected chi connectivity index (χ4v) is 0.779. The summed E-state index contributed by atoms with van der Waals surface area (Å²) in [6, 6.07) is 0. The molecule has 0 unspecified atom stereocenters. The Labute approximate surface area is 70.4 Å². The van der Waals surface area contributed by atoms with Crippen molar-refractivity contribution in [1.82, 2.24) is 4.81 Å². The number of rotatable bonds is 7. The molecule has 0 N–H and O–H groups in total. The molecule has 2 heteroatoms. The molecule has 11 heavy (non-hydrogen) atoms. The van der Waals surface area contributed by atoms with Gasteiger partial charge in [0.05, 0.1) is 0 Å². The average Bonchev–Trinajstić information content (AvgIpc) is 2.01. The van der Waals surface area contributed by atoms with Crippen LogP contribution in [0.15, 0.2) is 38.0 Å². The van der Waals surface area contributed by atoms with Gasteiger partial charge in [-0.15, -0.1) is 19.7 Å². The lowest BCUT2D eigenvalue weighted by Gasteiger charge is -2.16. The van der Waals surface area contributed by atoms with Crippen LogP contribution < -0.4 is 0 Å². The quantitative estimate of drug-likeness (QED) is 0.393. The van der Waals surface area contributed by atoms with Crippen molar-refractivity contribution in [2.24, 2.45) is 0 Å². The van der Waals surface area contributed by atoms with Gasteiger partial charge in [0.2, 0.25) is 7.41 Å². The van der Waals surface area contributed by atoms with E-state index in [-0.39, 0.29) is 0 Å². The van der Waals surface area contributed by atoms with E-state index in [2.05, 4.69) is 32.0 Å². The summed E-state index contributed by atoms with van der Waals surface area (Å²) in [5, 5.41) is 0. The average molecular weight is 148 g/mol. The summed E-state index contributed by atoms with van der Waals surface area (Å²) in [7, 11) is 2.09. The van der Waals surface area contributed by atoms with E-state index < -0.39 is 0 Å². The van der Waals surface area contributed by atoms with Gasteiger partial charge in [0.25, 0.3) is 0 Å². The van der Waals surface area contributed by atoms with Crippen molar-refractivity contribution in [2.45, 2.75) is 6.32 Å². The molecule has 0 aliphatic carbocycles. The minimum Gasteiger partial charge on any atom is -0.340 e. The lowest BCUT2D eigenvalue weighted by molar-refractivity contribution is 0.545. The summed E-state index contributed by atoms with van der Waals surface area (Å²) >= 11 is 0. The lowest BCUT2D eigenvalue weighted by atomic mass is 9.86. The Morgan fingerprint density at radius 1 is 1.00 bits per heavy atom. The maximum Gasteiger partial charge on any atom is 0.213 e. The van der Waals surface area contributed by atoms with E-state index in [0.29, 0.717) is 0 Å². The van der Waals surface area contributed by atoms with Crippen LogP contribution in [0.3, 0.4) is 0 Å².